The van der Waals surface area contributed by atoms with Gasteiger partial charge in [0.1, 0.15) is 5.60 Å². The summed E-state index contributed by atoms with van der Waals surface area (Å²) in [4.78, 5) is 16.7. The molecule has 4 heteroatoms. The lowest BCUT2D eigenvalue weighted by atomic mass is 9.89. The highest BCUT2D eigenvalue weighted by molar-refractivity contribution is 5.68. The second-order valence-electron chi connectivity index (χ2n) is 8.09. The zero-order chi connectivity index (χ0) is 17.2. The average Bonchev–Trinajstić information content (AvgIpc) is 3.04. The number of benzene rings is 1. The minimum atomic E-state index is -0.413. The van der Waals surface area contributed by atoms with Crippen molar-refractivity contribution in [3.05, 3.63) is 35.9 Å². The van der Waals surface area contributed by atoms with Crippen LogP contribution in [0.5, 0.6) is 0 Å². The van der Waals surface area contributed by atoms with Gasteiger partial charge in [0.15, 0.2) is 0 Å². The van der Waals surface area contributed by atoms with Crippen LogP contribution in [-0.4, -0.2) is 53.7 Å². The highest BCUT2D eigenvalue weighted by atomic mass is 16.6. The number of nitrogens with zero attached hydrogens (tertiary/aromatic N) is 2. The Balaban J connectivity index is 1.48. The molecule has 1 unspecified atom stereocenters. The third kappa shape index (κ3) is 4.29. The number of carbonyl (C=O) groups excluding carboxylic acids is 1. The Kier molecular flexibility index (Phi) is 5.14. The van der Waals surface area contributed by atoms with Crippen LogP contribution in [0.2, 0.25) is 0 Å². The molecule has 2 aliphatic heterocycles. The fourth-order valence-corrected chi connectivity index (χ4v) is 3.86. The Morgan fingerprint density at radius 2 is 1.71 bits per heavy atom. The van der Waals surface area contributed by atoms with Gasteiger partial charge >= 0.3 is 6.09 Å². The molecule has 0 bridgehead atoms. The average molecular weight is 330 g/mol. The van der Waals surface area contributed by atoms with Gasteiger partial charge in [-0.2, -0.15) is 0 Å². The van der Waals surface area contributed by atoms with Crippen LogP contribution in [0.1, 0.15) is 51.5 Å². The molecule has 0 radical (unpaired) electrons. The fourth-order valence-electron chi connectivity index (χ4n) is 3.86. The van der Waals surface area contributed by atoms with Crippen molar-refractivity contribution >= 4 is 6.09 Å². The third-order valence-electron chi connectivity index (χ3n) is 5.13. The van der Waals surface area contributed by atoms with E-state index in [4.69, 9.17) is 4.74 Å². The summed E-state index contributed by atoms with van der Waals surface area (Å²) in [7, 11) is 0. The molecule has 1 atom stereocenters. The first-order chi connectivity index (χ1) is 11.4. The van der Waals surface area contributed by atoms with Crippen molar-refractivity contribution < 1.29 is 9.53 Å². The monoisotopic (exact) mass is 330 g/mol. The first-order valence-corrected chi connectivity index (χ1v) is 9.19. The van der Waals surface area contributed by atoms with E-state index in [0.717, 1.165) is 32.6 Å². The van der Waals surface area contributed by atoms with E-state index < -0.39 is 5.60 Å². The van der Waals surface area contributed by atoms with Crippen LogP contribution < -0.4 is 0 Å². The Bertz CT molecular complexity index is 545. The fraction of sp³-hybridized carbons (Fsp3) is 0.650. The minimum Gasteiger partial charge on any atom is -0.444 e. The lowest BCUT2D eigenvalue weighted by molar-refractivity contribution is 0.0276. The second kappa shape index (κ2) is 7.14. The maximum atomic E-state index is 12.2. The largest absolute Gasteiger partial charge is 0.444 e. The molecule has 0 aliphatic carbocycles. The Morgan fingerprint density at radius 3 is 2.33 bits per heavy atom. The number of piperidine rings is 1. The summed E-state index contributed by atoms with van der Waals surface area (Å²) >= 11 is 0. The van der Waals surface area contributed by atoms with Gasteiger partial charge in [0, 0.05) is 19.1 Å². The molecule has 2 aliphatic rings. The standard InChI is InChI=1S/C20H30N2O2/c1-20(2,3)24-19(23)22-14-11-18(15-22)21-12-9-17(10-13-21)16-7-5-4-6-8-16/h4-8,17-18H,9-15H2,1-3H3. The number of hydrogen-bond acceptors (Lipinski definition) is 3. The molecule has 0 spiro atoms. The normalized spacial score (nSPS) is 23.5. The topological polar surface area (TPSA) is 32.8 Å². The van der Waals surface area contributed by atoms with Gasteiger partial charge in [0.2, 0.25) is 0 Å². The van der Waals surface area contributed by atoms with Crippen LogP contribution in [0.3, 0.4) is 0 Å². The van der Waals surface area contributed by atoms with Crippen LogP contribution in [-0.2, 0) is 4.74 Å². The SMILES string of the molecule is CC(C)(C)OC(=O)N1CCC(N2CCC(c3ccccc3)CC2)C1. The van der Waals surface area contributed by atoms with E-state index in [1.54, 1.807) is 0 Å². The van der Waals surface area contributed by atoms with E-state index in [-0.39, 0.29) is 6.09 Å². The van der Waals surface area contributed by atoms with E-state index in [2.05, 4.69) is 35.2 Å². The predicted octanol–water partition coefficient (Wildman–Crippen LogP) is 3.88. The summed E-state index contributed by atoms with van der Waals surface area (Å²) in [5.74, 6) is 0.686. The van der Waals surface area contributed by atoms with Gasteiger partial charge < -0.3 is 9.64 Å². The lowest BCUT2D eigenvalue weighted by Crippen LogP contribution is -2.43. The molecule has 0 aromatic heterocycles. The van der Waals surface area contributed by atoms with Crippen LogP contribution in [0, 0.1) is 0 Å². The maximum Gasteiger partial charge on any atom is 0.410 e. The van der Waals surface area contributed by atoms with Crippen molar-refractivity contribution in [2.75, 3.05) is 26.2 Å². The molecule has 132 valence electrons. The second-order valence-corrected chi connectivity index (χ2v) is 8.09. The van der Waals surface area contributed by atoms with Gasteiger partial charge in [-0.3, -0.25) is 4.90 Å². The van der Waals surface area contributed by atoms with Crippen molar-refractivity contribution in [1.82, 2.24) is 9.80 Å². The smallest absolute Gasteiger partial charge is 0.410 e. The number of amides is 1. The first kappa shape index (κ1) is 17.3. The van der Waals surface area contributed by atoms with Crippen molar-refractivity contribution in [2.24, 2.45) is 0 Å². The van der Waals surface area contributed by atoms with Crippen LogP contribution in [0.25, 0.3) is 0 Å². The zero-order valence-corrected chi connectivity index (χ0v) is 15.2. The predicted molar refractivity (Wildman–Crippen MR) is 96.2 cm³/mol. The van der Waals surface area contributed by atoms with Gasteiger partial charge in [0.25, 0.3) is 0 Å². The summed E-state index contributed by atoms with van der Waals surface area (Å²) in [5.41, 5.74) is 1.06. The van der Waals surface area contributed by atoms with Crippen molar-refractivity contribution in [1.29, 1.82) is 0 Å². The number of carbonyl (C=O) groups is 1. The highest BCUT2D eigenvalue weighted by Crippen LogP contribution is 2.30. The molecule has 2 fully saturated rings. The van der Waals surface area contributed by atoms with E-state index in [0.29, 0.717) is 12.0 Å². The van der Waals surface area contributed by atoms with Gasteiger partial charge in [-0.25, -0.2) is 4.79 Å². The summed E-state index contributed by atoms with van der Waals surface area (Å²) in [6.07, 6.45) is 3.33. The van der Waals surface area contributed by atoms with Crippen LogP contribution in [0.15, 0.2) is 30.3 Å². The van der Waals surface area contributed by atoms with Gasteiger partial charge in [-0.15, -0.1) is 0 Å². The third-order valence-corrected chi connectivity index (χ3v) is 5.13. The van der Waals surface area contributed by atoms with Gasteiger partial charge in [0.05, 0.1) is 0 Å². The molecule has 2 heterocycles. The Labute approximate surface area is 145 Å². The molecule has 1 aromatic carbocycles. The molecule has 1 aromatic rings. The molecule has 2 saturated heterocycles. The van der Waals surface area contributed by atoms with Crippen LogP contribution >= 0.6 is 0 Å². The molecule has 1 amide bonds. The summed E-state index contributed by atoms with van der Waals surface area (Å²) < 4.78 is 5.50. The van der Waals surface area contributed by atoms with Crippen molar-refractivity contribution in [3.63, 3.8) is 0 Å². The highest BCUT2D eigenvalue weighted by Gasteiger charge is 2.34. The number of rotatable bonds is 2. The molecular weight excluding hydrogens is 300 g/mol. The van der Waals surface area contributed by atoms with Crippen LogP contribution in [0.4, 0.5) is 4.79 Å². The van der Waals surface area contributed by atoms with Gasteiger partial charge in [-0.05, 0) is 64.6 Å². The Morgan fingerprint density at radius 1 is 1.04 bits per heavy atom. The van der Waals surface area contributed by atoms with E-state index in [9.17, 15) is 4.79 Å². The lowest BCUT2D eigenvalue weighted by Gasteiger charge is -2.36. The van der Waals surface area contributed by atoms with Gasteiger partial charge in [-0.1, -0.05) is 30.3 Å². The number of hydrogen-bond donors (Lipinski definition) is 0. The number of ether oxygens (including phenoxy) is 1. The maximum absolute atomic E-state index is 12.2. The quantitative estimate of drug-likeness (QED) is 0.825. The summed E-state index contributed by atoms with van der Waals surface area (Å²) in [6.45, 7) is 9.66. The minimum absolute atomic E-state index is 0.163. The number of likely N-dealkylation sites (tertiary alicyclic amines) is 2. The molecule has 3 rings (SSSR count). The molecule has 24 heavy (non-hydrogen) atoms. The van der Waals surface area contributed by atoms with E-state index in [1.807, 2.05) is 25.7 Å². The van der Waals surface area contributed by atoms with E-state index in [1.165, 1.54) is 18.4 Å². The summed E-state index contributed by atoms with van der Waals surface area (Å²) in [6, 6.07) is 11.4. The van der Waals surface area contributed by atoms with Crippen molar-refractivity contribution in [2.45, 2.75) is 57.6 Å². The molecule has 4 nitrogen and oxygen atoms in total. The van der Waals surface area contributed by atoms with Crippen molar-refractivity contribution in [3.8, 4) is 0 Å². The first-order valence-electron chi connectivity index (χ1n) is 9.19. The molecule has 0 saturated carbocycles. The summed E-state index contributed by atoms with van der Waals surface area (Å²) in [5, 5.41) is 0. The molecule has 0 N–H and O–H groups in total. The Hall–Kier alpha value is -1.55. The van der Waals surface area contributed by atoms with E-state index >= 15 is 0 Å². The zero-order valence-electron chi connectivity index (χ0n) is 15.2. The molecular formula is C20H30N2O2.